The van der Waals surface area contributed by atoms with Crippen molar-refractivity contribution in [3.05, 3.63) is 29.8 Å². The lowest BCUT2D eigenvalue weighted by Crippen LogP contribution is -2.53. The summed E-state index contributed by atoms with van der Waals surface area (Å²) >= 11 is 0. The number of rotatable bonds is 6. The van der Waals surface area contributed by atoms with E-state index in [0.29, 0.717) is 13.2 Å². The SMILES string of the molecule is CCC(N)C(c1cccc(OC)c1)N1CCOCC1CO. The quantitative estimate of drug-likeness (QED) is 0.824. The number of hydrogen-bond donors (Lipinski definition) is 2. The van der Waals surface area contributed by atoms with Gasteiger partial charge >= 0.3 is 0 Å². The highest BCUT2D eigenvalue weighted by Gasteiger charge is 2.33. The third-order valence-electron chi connectivity index (χ3n) is 4.15. The molecule has 1 saturated heterocycles. The van der Waals surface area contributed by atoms with Crippen LogP contribution in [0.4, 0.5) is 0 Å². The van der Waals surface area contributed by atoms with Crippen molar-refractivity contribution in [2.45, 2.75) is 31.5 Å². The van der Waals surface area contributed by atoms with E-state index in [1.54, 1.807) is 7.11 Å². The minimum atomic E-state index is -0.00690. The van der Waals surface area contributed by atoms with Gasteiger partial charge in [-0.15, -0.1) is 0 Å². The van der Waals surface area contributed by atoms with E-state index in [0.717, 1.165) is 24.3 Å². The van der Waals surface area contributed by atoms with Crippen LogP contribution >= 0.6 is 0 Å². The lowest BCUT2D eigenvalue weighted by molar-refractivity contribution is -0.0528. The van der Waals surface area contributed by atoms with Crippen LogP contribution in [0.1, 0.15) is 24.9 Å². The van der Waals surface area contributed by atoms with E-state index in [1.165, 1.54) is 0 Å². The number of methoxy groups -OCH3 is 1. The van der Waals surface area contributed by atoms with Gasteiger partial charge in [0, 0.05) is 12.6 Å². The standard InChI is InChI=1S/C16H26N2O3/c1-3-15(17)16(12-5-4-6-14(9-12)20-2)18-7-8-21-11-13(18)10-19/h4-6,9,13,15-16,19H,3,7-8,10-11,17H2,1-2H3. The molecule has 1 aromatic carbocycles. The minimum absolute atomic E-state index is 0.00394. The summed E-state index contributed by atoms with van der Waals surface area (Å²) in [4.78, 5) is 2.27. The van der Waals surface area contributed by atoms with Gasteiger partial charge < -0.3 is 20.3 Å². The molecule has 1 heterocycles. The molecule has 2 rings (SSSR count). The van der Waals surface area contributed by atoms with Crippen molar-refractivity contribution in [2.75, 3.05) is 33.5 Å². The molecule has 0 spiro atoms. The maximum absolute atomic E-state index is 9.63. The van der Waals surface area contributed by atoms with Crippen LogP contribution in [0.25, 0.3) is 0 Å². The lowest BCUT2D eigenvalue weighted by Gasteiger charge is -2.42. The molecule has 5 heteroatoms. The van der Waals surface area contributed by atoms with Crippen molar-refractivity contribution in [3.8, 4) is 5.75 Å². The highest BCUT2D eigenvalue weighted by molar-refractivity contribution is 5.31. The highest BCUT2D eigenvalue weighted by atomic mass is 16.5. The largest absolute Gasteiger partial charge is 0.497 e. The Bertz CT molecular complexity index is 441. The molecule has 1 fully saturated rings. The predicted molar refractivity (Wildman–Crippen MR) is 82.4 cm³/mol. The lowest BCUT2D eigenvalue weighted by atomic mass is 9.94. The number of benzene rings is 1. The first-order valence-corrected chi connectivity index (χ1v) is 7.55. The van der Waals surface area contributed by atoms with Crippen LogP contribution in [-0.2, 0) is 4.74 Å². The van der Waals surface area contributed by atoms with Gasteiger partial charge in [0.2, 0.25) is 0 Å². The average molecular weight is 294 g/mol. The highest BCUT2D eigenvalue weighted by Crippen LogP contribution is 2.30. The summed E-state index contributed by atoms with van der Waals surface area (Å²) in [6.07, 6.45) is 0.872. The summed E-state index contributed by atoms with van der Waals surface area (Å²) in [5.41, 5.74) is 7.51. The minimum Gasteiger partial charge on any atom is -0.497 e. The van der Waals surface area contributed by atoms with E-state index in [-0.39, 0.29) is 24.7 Å². The van der Waals surface area contributed by atoms with E-state index in [4.69, 9.17) is 15.2 Å². The fraction of sp³-hybridized carbons (Fsp3) is 0.625. The second-order valence-electron chi connectivity index (χ2n) is 5.44. The van der Waals surface area contributed by atoms with Gasteiger partial charge in [-0.2, -0.15) is 0 Å². The van der Waals surface area contributed by atoms with Gasteiger partial charge in [-0.25, -0.2) is 0 Å². The first-order valence-electron chi connectivity index (χ1n) is 7.55. The molecule has 0 aliphatic carbocycles. The van der Waals surface area contributed by atoms with Crippen LogP contribution in [0.2, 0.25) is 0 Å². The van der Waals surface area contributed by atoms with Gasteiger partial charge in [0.25, 0.3) is 0 Å². The molecule has 118 valence electrons. The van der Waals surface area contributed by atoms with Gasteiger partial charge in [0.05, 0.1) is 39.0 Å². The smallest absolute Gasteiger partial charge is 0.119 e. The molecular weight excluding hydrogens is 268 g/mol. The van der Waals surface area contributed by atoms with Gasteiger partial charge in [0.1, 0.15) is 5.75 Å². The monoisotopic (exact) mass is 294 g/mol. The molecule has 0 bridgehead atoms. The normalized spacial score (nSPS) is 22.8. The van der Waals surface area contributed by atoms with Crippen LogP contribution in [0.15, 0.2) is 24.3 Å². The Morgan fingerprint density at radius 3 is 3.00 bits per heavy atom. The Balaban J connectivity index is 2.32. The maximum Gasteiger partial charge on any atom is 0.119 e. The molecule has 3 unspecified atom stereocenters. The number of morpholine rings is 1. The van der Waals surface area contributed by atoms with E-state index < -0.39 is 0 Å². The zero-order chi connectivity index (χ0) is 15.2. The van der Waals surface area contributed by atoms with Crippen molar-refractivity contribution in [1.29, 1.82) is 0 Å². The van der Waals surface area contributed by atoms with Gasteiger partial charge in [-0.05, 0) is 24.1 Å². The van der Waals surface area contributed by atoms with Crippen LogP contribution in [-0.4, -0.2) is 55.6 Å². The summed E-state index contributed by atoms with van der Waals surface area (Å²) in [7, 11) is 1.67. The molecular formula is C16H26N2O3. The third kappa shape index (κ3) is 3.74. The second kappa shape index (κ2) is 7.75. The van der Waals surface area contributed by atoms with E-state index in [2.05, 4.69) is 17.9 Å². The Kier molecular flexibility index (Phi) is 5.99. The number of aliphatic hydroxyl groups is 1. The number of nitrogens with zero attached hydrogens (tertiary/aromatic N) is 1. The van der Waals surface area contributed by atoms with E-state index in [9.17, 15) is 5.11 Å². The van der Waals surface area contributed by atoms with E-state index in [1.807, 2.05) is 18.2 Å². The van der Waals surface area contributed by atoms with Crippen molar-refractivity contribution >= 4 is 0 Å². The molecule has 0 radical (unpaired) electrons. The molecule has 1 aliphatic rings. The van der Waals surface area contributed by atoms with Crippen molar-refractivity contribution in [1.82, 2.24) is 4.90 Å². The van der Waals surface area contributed by atoms with Crippen molar-refractivity contribution < 1.29 is 14.6 Å². The molecule has 3 atom stereocenters. The summed E-state index contributed by atoms with van der Waals surface area (Å²) < 4.78 is 10.8. The number of nitrogens with two attached hydrogens (primary N) is 1. The predicted octanol–water partition coefficient (Wildman–Crippen LogP) is 1.17. The summed E-state index contributed by atoms with van der Waals surface area (Å²) in [6, 6.07) is 8.08. The van der Waals surface area contributed by atoms with E-state index >= 15 is 0 Å². The Hall–Kier alpha value is -1.14. The molecule has 1 aliphatic heterocycles. The average Bonchev–Trinajstić information content (AvgIpc) is 2.55. The van der Waals surface area contributed by atoms with Gasteiger partial charge in [-0.1, -0.05) is 19.1 Å². The Morgan fingerprint density at radius 2 is 2.33 bits per heavy atom. The van der Waals surface area contributed by atoms with Crippen LogP contribution < -0.4 is 10.5 Å². The number of aliphatic hydroxyl groups excluding tert-OH is 1. The number of ether oxygens (including phenoxy) is 2. The molecule has 0 saturated carbocycles. The third-order valence-corrected chi connectivity index (χ3v) is 4.15. The summed E-state index contributed by atoms with van der Waals surface area (Å²) in [5.74, 6) is 0.828. The molecule has 5 nitrogen and oxygen atoms in total. The maximum atomic E-state index is 9.63. The second-order valence-corrected chi connectivity index (χ2v) is 5.44. The summed E-state index contributed by atoms with van der Waals surface area (Å²) in [5, 5.41) is 9.63. The first kappa shape index (κ1) is 16.2. The van der Waals surface area contributed by atoms with Crippen molar-refractivity contribution in [2.24, 2.45) is 5.73 Å². The molecule has 21 heavy (non-hydrogen) atoms. The first-order chi connectivity index (χ1) is 10.2. The van der Waals surface area contributed by atoms with Crippen LogP contribution in [0.3, 0.4) is 0 Å². The number of hydrogen-bond acceptors (Lipinski definition) is 5. The fourth-order valence-electron chi connectivity index (χ4n) is 2.92. The zero-order valence-corrected chi connectivity index (χ0v) is 12.9. The fourth-order valence-corrected chi connectivity index (χ4v) is 2.92. The van der Waals surface area contributed by atoms with Crippen molar-refractivity contribution in [3.63, 3.8) is 0 Å². The topological polar surface area (TPSA) is 68.0 Å². The Morgan fingerprint density at radius 1 is 1.52 bits per heavy atom. The van der Waals surface area contributed by atoms with Gasteiger partial charge in [0.15, 0.2) is 0 Å². The van der Waals surface area contributed by atoms with Gasteiger partial charge in [-0.3, -0.25) is 4.90 Å². The molecule has 3 N–H and O–H groups in total. The Labute approximate surface area is 126 Å². The molecule has 0 amide bonds. The van der Waals surface area contributed by atoms with Crippen LogP contribution in [0.5, 0.6) is 5.75 Å². The zero-order valence-electron chi connectivity index (χ0n) is 12.9. The summed E-state index contributed by atoms with van der Waals surface area (Å²) in [6.45, 7) is 4.17. The van der Waals surface area contributed by atoms with Crippen LogP contribution in [0, 0.1) is 0 Å². The molecule has 0 aromatic heterocycles. The molecule has 1 aromatic rings.